The number of hydrogen-bond donors (Lipinski definition) is 5. The minimum atomic E-state index is -1.01. The van der Waals surface area contributed by atoms with E-state index in [-0.39, 0.29) is 30.2 Å². The van der Waals surface area contributed by atoms with Crippen molar-refractivity contribution in [3.63, 3.8) is 0 Å². The molecular formula is C44H59N9O5. The molecule has 5 rings (SSSR count). The SMILES string of the molecule is CC(C)C[C@@H](NC(=O)[C@@H](Cc1ccccc1)NC(=O)[C@H](N)Cc1ccccc1)C(=O)N[C@H](CCCCN)C(=O)N1CCC(N(C)C(=O)c2cn3ccccc3n2)CC1. The van der Waals surface area contributed by atoms with Crippen molar-refractivity contribution in [1.29, 1.82) is 0 Å². The monoisotopic (exact) mass is 793 g/mol. The highest BCUT2D eigenvalue weighted by atomic mass is 16.2. The van der Waals surface area contributed by atoms with Crippen LogP contribution in [0.2, 0.25) is 0 Å². The molecule has 1 aliphatic rings. The molecule has 5 amide bonds. The van der Waals surface area contributed by atoms with Crippen LogP contribution >= 0.6 is 0 Å². The van der Waals surface area contributed by atoms with Crippen LogP contribution in [0.4, 0.5) is 0 Å². The number of nitrogens with two attached hydrogens (primary N) is 2. The molecule has 0 unspecified atom stereocenters. The lowest BCUT2D eigenvalue weighted by Gasteiger charge is -2.38. The van der Waals surface area contributed by atoms with Gasteiger partial charge >= 0.3 is 0 Å². The fraction of sp³-hybridized carbons (Fsp3) is 0.455. The minimum absolute atomic E-state index is 0.0168. The van der Waals surface area contributed by atoms with Crippen LogP contribution in [0.5, 0.6) is 0 Å². The second-order valence-corrected chi connectivity index (χ2v) is 15.6. The molecule has 0 saturated carbocycles. The molecule has 2 aromatic carbocycles. The number of imidazole rings is 1. The van der Waals surface area contributed by atoms with Crippen LogP contribution in [0.1, 0.15) is 74.0 Å². The van der Waals surface area contributed by atoms with Gasteiger partial charge in [0.15, 0.2) is 0 Å². The molecule has 1 saturated heterocycles. The highest BCUT2D eigenvalue weighted by Gasteiger charge is 2.35. The number of carbonyl (C=O) groups excluding carboxylic acids is 5. The van der Waals surface area contributed by atoms with E-state index in [0.29, 0.717) is 75.9 Å². The summed E-state index contributed by atoms with van der Waals surface area (Å²) in [6.07, 6.45) is 7.16. The third-order valence-electron chi connectivity index (χ3n) is 10.7. The molecule has 310 valence electrons. The Balaban J connectivity index is 1.24. The number of hydrogen-bond acceptors (Lipinski definition) is 8. The third-order valence-corrected chi connectivity index (χ3v) is 10.7. The number of nitrogens with zero attached hydrogens (tertiary/aromatic N) is 4. The van der Waals surface area contributed by atoms with Crippen LogP contribution in [0, 0.1) is 5.92 Å². The van der Waals surface area contributed by atoms with Gasteiger partial charge in [0.1, 0.15) is 29.5 Å². The van der Waals surface area contributed by atoms with Gasteiger partial charge in [0.2, 0.25) is 23.6 Å². The van der Waals surface area contributed by atoms with Crippen molar-refractivity contribution < 1.29 is 24.0 Å². The van der Waals surface area contributed by atoms with Crippen LogP contribution < -0.4 is 27.4 Å². The summed E-state index contributed by atoms with van der Waals surface area (Å²) in [6.45, 7) is 5.17. The molecular weight excluding hydrogens is 735 g/mol. The Kier molecular flexibility index (Phi) is 15.9. The number of benzene rings is 2. The fourth-order valence-corrected chi connectivity index (χ4v) is 7.37. The van der Waals surface area contributed by atoms with E-state index < -0.39 is 41.9 Å². The Morgan fingerprint density at radius 1 is 0.776 bits per heavy atom. The van der Waals surface area contributed by atoms with Crippen LogP contribution in [-0.2, 0) is 32.0 Å². The predicted octanol–water partition coefficient (Wildman–Crippen LogP) is 2.84. The number of pyridine rings is 1. The van der Waals surface area contributed by atoms with Crippen molar-refractivity contribution in [2.24, 2.45) is 17.4 Å². The zero-order valence-electron chi connectivity index (χ0n) is 33.9. The number of nitrogens with one attached hydrogen (secondary N) is 3. The van der Waals surface area contributed by atoms with Gasteiger partial charge in [-0.1, -0.05) is 80.6 Å². The van der Waals surface area contributed by atoms with Crippen molar-refractivity contribution in [1.82, 2.24) is 35.1 Å². The van der Waals surface area contributed by atoms with Crippen molar-refractivity contribution in [3.05, 3.63) is 108 Å². The Bertz CT molecular complexity index is 1930. The van der Waals surface area contributed by atoms with Gasteiger partial charge in [-0.3, -0.25) is 24.0 Å². The van der Waals surface area contributed by atoms with E-state index in [9.17, 15) is 24.0 Å². The molecule has 7 N–H and O–H groups in total. The fourth-order valence-electron chi connectivity index (χ4n) is 7.37. The summed E-state index contributed by atoms with van der Waals surface area (Å²) in [5.41, 5.74) is 14.9. The summed E-state index contributed by atoms with van der Waals surface area (Å²) in [7, 11) is 1.77. The Labute approximate surface area is 341 Å². The molecule has 0 aliphatic carbocycles. The normalized spacial score (nSPS) is 15.3. The molecule has 14 heteroatoms. The van der Waals surface area contributed by atoms with Crippen molar-refractivity contribution in [2.75, 3.05) is 26.7 Å². The molecule has 4 aromatic rings. The lowest BCUT2D eigenvalue weighted by atomic mass is 9.99. The second-order valence-electron chi connectivity index (χ2n) is 15.6. The van der Waals surface area contributed by atoms with Gasteiger partial charge in [-0.25, -0.2) is 4.98 Å². The third kappa shape index (κ3) is 12.2. The molecule has 14 nitrogen and oxygen atoms in total. The van der Waals surface area contributed by atoms with Gasteiger partial charge in [0.25, 0.3) is 5.91 Å². The van der Waals surface area contributed by atoms with Gasteiger partial charge in [-0.05, 0) is 80.7 Å². The smallest absolute Gasteiger partial charge is 0.274 e. The topological polar surface area (TPSA) is 197 Å². The lowest BCUT2D eigenvalue weighted by Crippen LogP contribution is -2.59. The van der Waals surface area contributed by atoms with Crippen molar-refractivity contribution in [2.45, 2.75) is 95.4 Å². The molecule has 0 spiro atoms. The zero-order chi connectivity index (χ0) is 41.6. The molecule has 1 fully saturated rings. The highest BCUT2D eigenvalue weighted by molar-refractivity contribution is 5.95. The lowest BCUT2D eigenvalue weighted by molar-refractivity contribution is -0.139. The summed E-state index contributed by atoms with van der Waals surface area (Å²) >= 11 is 0. The van der Waals surface area contributed by atoms with Gasteiger partial charge in [0.05, 0.1) is 6.04 Å². The number of amides is 5. The summed E-state index contributed by atoms with van der Waals surface area (Å²) in [5.74, 6) is -1.87. The summed E-state index contributed by atoms with van der Waals surface area (Å²) < 4.78 is 1.81. The number of aromatic nitrogens is 2. The molecule has 0 bridgehead atoms. The first kappa shape index (κ1) is 43.5. The van der Waals surface area contributed by atoms with E-state index in [1.165, 1.54) is 0 Å². The number of likely N-dealkylation sites (tertiary alicyclic amines) is 1. The summed E-state index contributed by atoms with van der Waals surface area (Å²) in [4.78, 5) is 76.9. The van der Waals surface area contributed by atoms with Gasteiger partial charge < -0.3 is 41.6 Å². The van der Waals surface area contributed by atoms with E-state index in [0.717, 1.165) is 11.1 Å². The maximum Gasteiger partial charge on any atom is 0.274 e. The van der Waals surface area contributed by atoms with E-state index >= 15 is 0 Å². The molecule has 4 atom stereocenters. The van der Waals surface area contributed by atoms with E-state index in [2.05, 4.69) is 20.9 Å². The van der Waals surface area contributed by atoms with Gasteiger partial charge in [-0.15, -0.1) is 0 Å². The molecule has 1 aliphatic heterocycles. The number of piperidine rings is 1. The van der Waals surface area contributed by atoms with Crippen LogP contribution in [0.15, 0.2) is 91.3 Å². The van der Waals surface area contributed by atoms with Gasteiger partial charge in [-0.2, -0.15) is 0 Å². The quantitative estimate of drug-likeness (QED) is 0.0894. The zero-order valence-corrected chi connectivity index (χ0v) is 33.9. The second kappa shape index (κ2) is 21.2. The Morgan fingerprint density at radius 2 is 1.36 bits per heavy atom. The summed E-state index contributed by atoms with van der Waals surface area (Å²) in [5, 5.41) is 8.73. The Hall–Kier alpha value is -5.60. The largest absolute Gasteiger partial charge is 0.343 e. The van der Waals surface area contributed by atoms with Crippen LogP contribution in [0.3, 0.4) is 0 Å². The standard InChI is InChI=1S/C44H59N9O5/c1-30(2)26-36(50-42(56)37(28-32-16-8-5-9-17-32)49-40(54)34(46)27-31-14-6-4-7-15-31)41(55)48-35(18-10-12-22-45)44(58)52-24-20-33(21-25-52)51(3)43(57)38-29-53-23-13-11-19-39(53)47-38/h4-9,11,13-17,19,23,29-30,33-37H,10,12,18,20-22,24-28,45-46H2,1-3H3,(H,48,55)(H,49,54)(H,50,56)/t34-,35-,36-,37-/m1/s1. The maximum atomic E-state index is 14.1. The first-order chi connectivity index (χ1) is 27.9. The van der Waals surface area contributed by atoms with Crippen LogP contribution in [-0.4, -0.2) is 106 Å². The van der Waals surface area contributed by atoms with E-state index in [1.807, 2.05) is 103 Å². The predicted molar refractivity (Wildman–Crippen MR) is 223 cm³/mol. The number of rotatable bonds is 19. The van der Waals surface area contributed by atoms with E-state index in [4.69, 9.17) is 11.5 Å². The summed E-state index contributed by atoms with van der Waals surface area (Å²) in [6, 6.07) is 20.5. The highest BCUT2D eigenvalue weighted by Crippen LogP contribution is 2.20. The van der Waals surface area contributed by atoms with Crippen molar-refractivity contribution >= 4 is 35.2 Å². The minimum Gasteiger partial charge on any atom is -0.343 e. The average molecular weight is 794 g/mol. The molecule has 3 heterocycles. The molecule has 0 radical (unpaired) electrons. The number of fused-ring (bicyclic) bond motifs is 1. The number of carbonyl (C=O) groups is 5. The first-order valence-corrected chi connectivity index (χ1v) is 20.4. The van der Waals surface area contributed by atoms with E-state index in [1.54, 1.807) is 23.0 Å². The van der Waals surface area contributed by atoms with Crippen molar-refractivity contribution in [3.8, 4) is 0 Å². The van der Waals surface area contributed by atoms with Gasteiger partial charge in [0, 0.05) is 45.0 Å². The van der Waals surface area contributed by atoms with Crippen LogP contribution in [0.25, 0.3) is 5.65 Å². The number of unbranched alkanes of at least 4 members (excludes halogenated alkanes) is 1. The molecule has 2 aromatic heterocycles. The first-order valence-electron chi connectivity index (χ1n) is 20.4. The Morgan fingerprint density at radius 3 is 1.98 bits per heavy atom. The maximum absolute atomic E-state index is 14.1. The average Bonchev–Trinajstić information content (AvgIpc) is 3.67. The molecule has 58 heavy (non-hydrogen) atoms.